The molecule has 0 aliphatic heterocycles. The van der Waals surface area contributed by atoms with Gasteiger partial charge in [-0.3, -0.25) is 4.79 Å². The Balaban J connectivity index is 1.75. The number of amides is 1. The van der Waals surface area contributed by atoms with Gasteiger partial charge >= 0.3 is 0 Å². The highest BCUT2D eigenvalue weighted by Gasteiger charge is 2.16. The number of H-pyrrole nitrogens is 1. The second kappa shape index (κ2) is 5.28. The number of nitrogens with one attached hydrogen (secondary N) is 2. The first kappa shape index (κ1) is 13.2. The number of hydrogen-bond donors (Lipinski definition) is 2. The molecule has 2 heterocycles. The van der Waals surface area contributed by atoms with Gasteiger partial charge in [-0.05, 0) is 18.2 Å². The summed E-state index contributed by atoms with van der Waals surface area (Å²) in [6.07, 6.45) is 1.04. The molecule has 2 N–H and O–H groups in total. The highest BCUT2D eigenvalue weighted by Crippen LogP contribution is 2.11. The molecule has 21 heavy (non-hydrogen) atoms. The van der Waals surface area contributed by atoms with Gasteiger partial charge in [-0.2, -0.15) is 4.39 Å². The zero-order valence-electron chi connectivity index (χ0n) is 10.7. The van der Waals surface area contributed by atoms with E-state index in [1.165, 1.54) is 0 Å². The standard InChI is InChI=1S/C14H10F2N4O/c15-12-8(5-6-17-13(12)16)14(21)18-7-11-19-9-3-1-2-4-10(9)20-11/h1-6H,7H2,(H,18,21)(H,19,20). The quantitative estimate of drug-likeness (QED) is 0.726. The van der Waals surface area contributed by atoms with Gasteiger partial charge in [0.25, 0.3) is 5.91 Å². The van der Waals surface area contributed by atoms with Crippen LogP contribution in [-0.2, 0) is 6.54 Å². The fourth-order valence-electron chi connectivity index (χ4n) is 1.94. The summed E-state index contributed by atoms with van der Waals surface area (Å²) < 4.78 is 26.4. The Morgan fingerprint density at radius 1 is 1.24 bits per heavy atom. The monoisotopic (exact) mass is 288 g/mol. The third kappa shape index (κ3) is 2.58. The number of aromatic nitrogens is 3. The van der Waals surface area contributed by atoms with Crippen LogP contribution in [0.5, 0.6) is 0 Å². The van der Waals surface area contributed by atoms with E-state index >= 15 is 0 Å². The Morgan fingerprint density at radius 2 is 2.05 bits per heavy atom. The number of fused-ring (bicyclic) bond motifs is 1. The van der Waals surface area contributed by atoms with Crippen LogP contribution < -0.4 is 5.32 Å². The van der Waals surface area contributed by atoms with Crippen molar-refractivity contribution in [2.75, 3.05) is 0 Å². The zero-order valence-corrected chi connectivity index (χ0v) is 10.7. The van der Waals surface area contributed by atoms with Crippen LogP contribution >= 0.6 is 0 Å². The largest absolute Gasteiger partial charge is 0.345 e. The summed E-state index contributed by atoms with van der Waals surface area (Å²) in [7, 11) is 0. The molecule has 0 fully saturated rings. The van der Waals surface area contributed by atoms with Crippen molar-refractivity contribution in [2.45, 2.75) is 6.54 Å². The summed E-state index contributed by atoms with van der Waals surface area (Å²) in [5.41, 5.74) is 1.21. The van der Waals surface area contributed by atoms with Crippen LogP contribution in [0.15, 0.2) is 36.5 Å². The number of halogens is 2. The van der Waals surface area contributed by atoms with Crippen LogP contribution in [0.3, 0.4) is 0 Å². The molecule has 3 aromatic rings. The van der Waals surface area contributed by atoms with Crippen LogP contribution in [-0.4, -0.2) is 20.9 Å². The lowest BCUT2D eigenvalue weighted by molar-refractivity contribution is 0.0944. The van der Waals surface area contributed by atoms with Crippen LogP contribution in [0.25, 0.3) is 11.0 Å². The SMILES string of the molecule is O=C(NCc1nc2ccccc2[nH]1)c1ccnc(F)c1F. The van der Waals surface area contributed by atoms with Crippen LogP contribution in [0, 0.1) is 11.8 Å². The van der Waals surface area contributed by atoms with E-state index in [0.717, 1.165) is 23.3 Å². The van der Waals surface area contributed by atoms with E-state index in [2.05, 4.69) is 20.3 Å². The van der Waals surface area contributed by atoms with E-state index in [4.69, 9.17) is 0 Å². The maximum absolute atomic E-state index is 13.4. The van der Waals surface area contributed by atoms with Crippen molar-refractivity contribution < 1.29 is 13.6 Å². The number of pyridine rings is 1. The van der Waals surface area contributed by atoms with Crippen LogP contribution in [0.2, 0.25) is 0 Å². The second-order valence-electron chi connectivity index (χ2n) is 4.35. The van der Waals surface area contributed by atoms with E-state index in [-0.39, 0.29) is 6.54 Å². The lowest BCUT2D eigenvalue weighted by Gasteiger charge is -2.04. The minimum Gasteiger partial charge on any atom is -0.345 e. The highest BCUT2D eigenvalue weighted by atomic mass is 19.2. The molecule has 106 valence electrons. The topological polar surface area (TPSA) is 70.7 Å². The highest BCUT2D eigenvalue weighted by molar-refractivity contribution is 5.94. The van der Waals surface area contributed by atoms with E-state index in [0.29, 0.717) is 5.82 Å². The van der Waals surface area contributed by atoms with Gasteiger partial charge in [0, 0.05) is 6.20 Å². The first-order chi connectivity index (χ1) is 10.1. The second-order valence-corrected chi connectivity index (χ2v) is 4.35. The molecule has 7 heteroatoms. The summed E-state index contributed by atoms with van der Waals surface area (Å²) in [5, 5.41) is 2.48. The number of aromatic amines is 1. The third-order valence-corrected chi connectivity index (χ3v) is 2.95. The van der Waals surface area contributed by atoms with Crippen molar-refractivity contribution in [3.05, 3.63) is 59.7 Å². The normalized spacial score (nSPS) is 10.8. The average Bonchev–Trinajstić information content (AvgIpc) is 2.90. The third-order valence-electron chi connectivity index (χ3n) is 2.95. The molecular formula is C14H10F2N4O. The Hall–Kier alpha value is -2.83. The minimum atomic E-state index is -1.30. The van der Waals surface area contributed by atoms with E-state index in [9.17, 15) is 13.6 Å². The van der Waals surface area contributed by atoms with Gasteiger partial charge in [-0.25, -0.2) is 14.4 Å². The molecule has 0 aliphatic carbocycles. The summed E-state index contributed by atoms with van der Waals surface area (Å²) >= 11 is 0. The minimum absolute atomic E-state index is 0.0803. The predicted octanol–water partition coefficient (Wildman–Crippen LogP) is 2.17. The fraction of sp³-hybridized carbons (Fsp3) is 0.0714. The molecule has 3 rings (SSSR count). The first-order valence-corrected chi connectivity index (χ1v) is 6.17. The van der Waals surface area contributed by atoms with Crippen LogP contribution in [0.4, 0.5) is 8.78 Å². The first-order valence-electron chi connectivity index (χ1n) is 6.17. The molecule has 0 spiro atoms. The van der Waals surface area contributed by atoms with Crippen molar-refractivity contribution in [2.24, 2.45) is 0 Å². The number of benzene rings is 1. The Morgan fingerprint density at radius 3 is 2.86 bits per heavy atom. The molecule has 2 aromatic heterocycles. The van der Waals surface area contributed by atoms with Gasteiger partial charge in [0.15, 0.2) is 5.82 Å². The molecule has 0 saturated heterocycles. The smallest absolute Gasteiger partial charge is 0.254 e. The molecule has 1 amide bonds. The van der Waals surface area contributed by atoms with E-state index in [1.807, 2.05) is 24.3 Å². The van der Waals surface area contributed by atoms with Crippen molar-refractivity contribution in [3.63, 3.8) is 0 Å². The molecule has 0 atom stereocenters. The van der Waals surface area contributed by atoms with Gasteiger partial charge in [0.05, 0.1) is 23.1 Å². The van der Waals surface area contributed by atoms with Gasteiger partial charge in [-0.15, -0.1) is 0 Å². The van der Waals surface area contributed by atoms with Crippen molar-refractivity contribution in [1.82, 2.24) is 20.3 Å². The van der Waals surface area contributed by atoms with Crippen molar-refractivity contribution >= 4 is 16.9 Å². The average molecular weight is 288 g/mol. The summed E-state index contributed by atoms with van der Waals surface area (Å²) in [6.45, 7) is 0.0803. The van der Waals surface area contributed by atoms with E-state index < -0.39 is 23.2 Å². The number of carbonyl (C=O) groups excluding carboxylic acids is 1. The number of nitrogens with zero attached hydrogens (tertiary/aromatic N) is 2. The fourth-order valence-corrected chi connectivity index (χ4v) is 1.94. The van der Waals surface area contributed by atoms with Gasteiger partial charge in [0.2, 0.25) is 5.95 Å². The molecule has 0 radical (unpaired) electrons. The summed E-state index contributed by atoms with van der Waals surface area (Å²) in [6, 6.07) is 8.51. The summed E-state index contributed by atoms with van der Waals surface area (Å²) in [5.74, 6) is -2.76. The number of carbonyl (C=O) groups is 1. The number of hydrogen-bond acceptors (Lipinski definition) is 3. The summed E-state index contributed by atoms with van der Waals surface area (Å²) in [4.78, 5) is 22.2. The van der Waals surface area contributed by atoms with Crippen molar-refractivity contribution in [1.29, 1.82) is 0 Å². The Labute approximate surface area is 118 Å². The van der Waals surface area contributed by atoms with Crippen molar-refractivity contribution in [3.8, 4) is 0 Å². The number of rotatable bonds is 3. The predicted molar refractivity (Wildman–Crippen MR) is 71.4 cm³/mol. The molecule has 0 aliphatic rings. The molecule has 0 saturated carbocycles. The Bertz CT molecular complexity index is 783. The number of imidazole rings is 1. The zero-order chi connectivity index (χ0) is 14.8. The van der Waals surface area contributed by atoms with Crippen LogP contribution in [0.1, 0.15) is 16.2 Å². The van der Waals surface area contributed by atoms with Gasteiger partial charge < -0.3 is 10.3 Å². The lowest BCUT2D eigenvalue weighted by atomic mass is 10.2. The van der Waals surface area contributed by atoms with Gasteiger partial charge in [-0.1, -0.05) is 12.1 Å². The maximum atomic E-state index is 13.4. The molecular weight excluding hydrogens is 278 g/mol. The van der Waals surface area contributed by atoms with Gasteiger partial charge in [0.1, 0.15) is 5.82 Å². The number of para-hydroxylation sites is 2. The molecule has 0 bridgehead atoms. The molecule has 5 nitrogen and oxygen atoms in total. The lowest BCUT2D eigenvalue weighted by Crippen LogP contribution is -2.25. The Kier molecular flexibility index (Phi) is 3.31. The molecule has 0 unspecified atom stereocenters. The maximum Gasteiger partial charge on any atom is 0.254 e. The van der Waals surface area contributed by atoms with E-state index in [1.54, 1.807) is 0 Å². The molecule has 1 aromatic carbocycles.